The van der Waals surface area contributed by atoms with Gasteiger partial charge in [0, 0.05) is 6.54 Å². The average molecular weight is 254 g/mol. The van der Waals surface area contributed by atoms with Crippen molar-refractivity contribution in [3.63, 3.8) is 0 Å². The Morgan fingerprint density at radius 1 is 1.35 bits per heavy atom. The Kier molecular flexibility index (Phi) is 3.13. The van der Waals surface area contributed by atoms with Gasteiger partial charge in [0.15, 0.2) is 0 Å². The average Bonchev–Trinajstić information content (AvgIpc) is 2.78. The van der Waals surface area contributed by atoms with E-state index in [1.54, 1.807) is 0 Å². The lowest BCUT2D eigenvalue weighted by molar-refractivity contribution is 0.437. The summed E-state index contributed by atoms with van der Waals surface area (Å²) < 4.78 is 38.2. The summed E-state index contributed by atoms with van der Waals surface area (Å²) in [7, 11) is -3.67. The predicted octanol–water partition coefficient (Wildman–Crippen LogP) is 1.50. The summed E-state index contributed by atoms with van der Waals surface area (Å²) in [5.41, 5.74) is 0. The molecule has 2 rings (SSSR count). The molecular weight excluding hydrogens is 243 g/mol. The van der Waals surface area contributed by atoms with Crippen LogP contribution in [0.3, 0.4) is 0 Å². The molecular formula is C11H11FN2O2S. The highest BCUT2D eigenvalue weighted by Gasteiger charge is 2.35. The van der Waals surface area contributed by atoms with Crippen LogP contribution in [0.2, 0.25) is 0 Å². The molecule has 17 heavy (non-hydrogen) atoms. The Balaban J connectivity index is 2.37. The topological polar surface area (TPSA) is 61.2 Å². The fourth-order valence-corrected chi connectivity index (χ4v) is 3.51. The number of rotatable bonds is 2. The van der Waals surface area contributed by atoms with Gasteiger partial charge in [-0.15, -0.1) is 0 Å². The maximum Gasteiger partial charge on any atom is 0.244 e. The summed E-state index contributed by atoms with van der Waals surface area (Å²) in [5.74, 6) is -0.484. The minimum atomic E-state index is -3.67. The minimum absolute atomic E-state index is 0.0288. The quantitative estimate of drug-likeness (QED) is 0.803. The number of benzene rings is 1. The highest BCUT2D eigenvalue weighted by atomic mass is 32.2. The highest BCUT2D eigenvalue weighted by Crippen LogP contribution is 2.25. The van der Waals surface area contributed by atoms with Crippen LogP contribution in [0, 0.1) is 17.1 Å². The molecule has 0 saturated carbocycles. The third kappa shape index (κ3) is 2.16. The summed E-state index contributed by atoms with van der Waals surface area (Å²) in [5, 5.41) is 8.87. The van der Waals surface area contributed by atoms with E-state index >= 15 is 0 Å². The van der Waals surface area contributed by atoms with Gasteiger partial charge in [0.05, 0.1) is 11.0 Å². The molecule has 6 heteroatoms. The van der Waals surface area contributed by atoms with Crippen LogP contribution in [0.1, 0.15) is 12.8 Å². The van der Waals surface area contributed by atoms with Crippen molar-refractivity contribution in [1.82, 2.24) is 4.31 Å². The van der Waals surface area contributed by atoms with Crippen molar-refractivity contribution in [2.75, 3.05) is 6.54 Å². The first-order valence-corrected chi connectivity index (χ1v) is 6.67. The van der Waals surface area contributed by atoms with E-state index in [0.29, 0.717) is 19.4 Å². The Hall–Kier alpha value is -1.45. The number of hydrogen-bond donors (Lipinski definition) is 0. The van der Waals surface area contributed by atoms with Crippen molar-refractivity contribution in [1.29, 1.82) is 5.26 Å². The fourth-order valence-electron chi connectivity index (χ4n) is 1.90. The molecule has 1 aromatic carbocycles. The van der Waals surface area contributed by atoms with Crippen molar-refractivity contribution >= 4 is 10.0 Å². The number of sulfonamides is 1. The molecule has 90 valence electrons. The summed E-state index contributed by atoms with van der Waals surface area (Å²) >= 11 is 0. The van der Waals surface area contributed by atoms with Gasteiger partial charge in [-0.2, -0.15) is 9.57 Å². The van der Waals surface area contributed by atoms with Crippen molar-refractivity contribution in [3.8, 4) is 6.07 Å². The molecule has 0 amide bonds. The standard InChI is InChI=1S/C11H11FN2O2S/c12-9-3-5-11(6-4-9)17(15,16)14-7-1-2-10(14)8-13/h3-6,10H,1-2,7H2. The van der Waals surface area contributed by atoms with Gasteiger partial charge in [-0.1, -0.05) is 0 Å². The number of nitriles is 1. The van der Waals surface area contributed by atoms with E-state index in [0.717, 1.165) is 12.1 Å². The first kappa shape index (κ1) is 12.0. The molecule has 1 aliphatic rings. The van der Waals surface area contributed by atoms with Crippen LogP contribution in [0.25, 0.3) is 0 Å². The zero-order valence-electron chi connectivity index (χ0n) is 9.01. The number of hydrogen-bond acceptors (Lipinski definition) is 3. The molecule has 0 aromatic heterocycles. The number of nitrogens with zero attached hydrogens (tertiary/aromatic N) is 2. The van der Waals surface area contributed by atoms with Crippen LogP contribution in [0.5, 0.6) is 0 Å². The van der Waals surface area contributed by atoms with E-state index in [4.69, 9.17) is 5.26 Å². The Bertz CT molecular complexity index is 548. The van der Waals surface area contributed by atoms with Gasteiger partial charge < -0.3 is 0 Å². The molecule has 1 heterocycles. The molecule has 0 bridgehead atoms. The van der Waals surface area contributed by atoms with E-state index in [2.05, 4.69) is 0 Å². The van der Waals surface area contributed by atoms with Gasteiger partial charge in [-0.3, -0.25) is 0 Å². The van der Waals surface area contributed by atoms with Gasteiger partial charge in [0.1, 0.15) is 11.9 Å². The van der Waals surface area contributed by atoms with Crippen molar-refractivity contribution < 1.29 is 12.8 Å². The van der Waals surface area contributed by atoms with E-state index in [1.165, 1.54) is 16.4 Å². The van der Waals surface area contributed by atoms with Crippen molar-refractivity contribution in [2.45, 2.75) is 23.8 Å². The molecule has 4 nitrogen and oxygen atoms in total. The zero-order chi connectivity index (χ0) is 12.5. The third-order valence-electron chi connectivity index (χ3n) is 2.77. The third-order valence-corrected chi connectivity index (χ3v) is 4.70. The maximum atomic E-state index is 12.7. The van der Waals surface area contributed by atoms with Crippen LogP contribution in [0.4, 0.5) is 4.39 Å². The second-order valence-corrected chi connectivity index (χ2v) is 5.75. The van der Waals surface area contributed by atoms with Crippen molar-refractivity contribution in [3.05, 3.63) is 30.1 Å². The summed E-state index contributed by atoms with van der Waals surface area (Å²) in [6.07, 6.45) is 1.23. The molecule has 0 N–H and O–H groups in total. The maximum absolute atomic E-state index is 12.7. The Labute approximate surface area is 99.3 Å². The van der Waals surface area contributed by atoms with Gasteiger partial charge in [-0.25, -0.2) is 12.8 Å². The highest BCUT2D eigenvalue weighted by molar-refractivity contribution is 7.89. The van der Waals surface area contributed by atoms with Crippen LogP contribution in [-0.2, 0) is 10.0 Å². The van der Waals surface area contributed by atoms with Crippen molar-refractivity contribution in [2.24, 2.45) is 0 Å². The monoisotopic (exact) mass is 254 g/mol. The van der Waals surface area contributed by atoms with E-state index in [9.17, 15) is 12.8 Å². The smallest absolute Gasteiger partial charge is 0.207 e. The van der Waals surface area contributed by atoms with E-state index < -0.39 is 21.9 Å². The molecule has 1 unspecified atom stereocenters. The summed E-state index contributed by atoms with van der Waals surface area (Å²) in [4.78, 5) is 0.0288. The molecule has 1 aliphatic heterocycles. The molecule has 0 aliphatic carbocycles. The Morgan fingerprint density at radius 3 is 2.59 bits per heavy atom. The van der Waals surface area contributed by atoms with Crippen LogP contribution in [0.15, 0.2) is 29.2 Å². The first-order valence-electron chi connectivity index (χ1n) is 5.23. The molecule has 1 fully saturated rings. The second-order valence-electron chi connectivity index (χ2n) is 3.86. The van der Waals surface area contributed by atoms with Gasteiger partial charge in [0.2, 0.25) is 10.0 Å². The Morgan fingerprint density at radius 2 is 2.00 bits per heavy atom. The van der Waals surface area contributed by atoms with Gasteiger partial charge >= 0.3 is 0 Å². The molecule has 0 spiro atoms. The second kappa shape index (κ2) is 4.43. The summed E-state index contributed by atoms with van der Waals surface area (Å²) in [6.45, 7) is 0.345. The first-order chi connectivity index (χ1) is 8.05. The normalized spacial score (nSPS) is 21.3. The lowest BCUT2D eigenvalue weighted by Crippen LogP contribution is -2.34. The molecule has 0 radical (unpaired) electrons. The number of halogens is 1. The molecule has 1 atom stereocenters. The van der Waals surface area contributed by atoms with Crippen LogP contribution < -0.4 is 0 Å². The lowest BCUT2D eigenvalue weighted by atomic mass is 10.2. The fraction of sp³-hybridized carbons (Fsp3) is 0.364. The zero-order valence-corrected chi connectivity index (χ0v) is 9.82. The van der Waals surface area contributed by atoms with E-state index in [-0.39, 0.29) is 4.90 Å². The summed E-state index contributed by atoms with van der Waals surface area (Å²) in [6, 6.07) is 6.01. The SMILES string of the molecule is N#CC1CCCN1S(=O)(=O)c1ccc(F)cc1. The molecule has 1 saturated heterocycles. The lowest BCUT2D eigenvalue weighted by Gasteiger charge is -2.18. The largest absolute Gasteiger partial charge is 0.244 e. The predicted molar refractivity (Wildman–Crippen MR) is 58.9 cm³/mol. The molecule has 1 aromatic rings. The van der Waals surface area contributed by atoms with Gasteiger partial charge in [0.25, 0.3) is 0 Å². The van der Waals surface area contributed by atoms with Gasteiger partial charge in [-0.05, 0) is 37.1 Å². The van der Waals surface area contributed by atoms with Crippen LogP contribution in [-0.4, -0.2) is 25.3 Å². The minimum Gasteiger partial charge on any atom is -0.207 e. The van der Waals surface area contributed by atoms with E-state index in [1.807, 2.05) is 6.07 Å². The van der Waals surface area contributed by atoms with Crippen LogP contribution >= 0.6 is 0 Å².